The highest BCUT2D eigenvalue weighted by Crippen LogP contribution is 2.35. The lowest BCUT2D eigenvalue weighted by molar-refractivity contribution is 0.372. The summed E-state index contributed by atoms with van der Waals surface area (Å²) in [7, 11) is 0. The van der Waals surface area contributed by atoms with Gasteiger partial charge in [-0.25, -0.2) is 9.78 Å². The first-order chi connectivity index (χ1) is 12.5. The van der Waals surface area contributed by atoms with Gasteiger partial charge in [-0.05, 0) is 25.3 Å². The van der Waals surface area contributed by atoms with Gasteiger partial charge in [0.2, 0.25) is 0 Å². The van der Waals surface area contributed by atoms with Gasteiger partial charge in [0.05, 0.1) is 16.5 Å². The highest BCUT2D eigenvalue weighted by atomic mass is 16.5. The molecule has 0 saturated heterocycles. The van der Waals surface area contributed by atoms with Crippen molar-refractivity contribution in [2.24, 2.45) is 5.73 Å². The van der Waals surface area contributed by atoms with E-state index < -0.39 is 16.8 Å². The number of nitrogens with one attached hydrogen (secondary N) is 1. The topological polar surface area (TPSA) is 133 Å². The number of rotatable bonds is 4. The highest BCUT2D eigenvalue weighted by Gasteiger charge is 2.36. The third kappa shape index (κ3) is 2.64. The van der Waals surface area contributed by atoms with Gasteiger partial charge in [-0.1, -0.05) is 24.9 Å². The van der Waals surface area contributed by atoms with Crippen LogP contribution in [-0.4, -0.2) is 24.7 Å². The fourth-order valence-corrected chi connectivity index (χ4v) is 3.49. The average Bonchev–Trinajstić information content (AvgIpc) is 3.28. The zero-order valence-corrected chi connectivity index (χ0v) is 14.5. The Balaban J connectivity index is 1.80. The van der Waals surface area contributed by atoms with Gasteiger partial charge in [0.25, 0.3) is 11.4 Å². The van der Waals surface area contributed by atoms with Crippen molar-refractivity contribution in [3.05, 3.63) is 38.9 Å². The van der Waals surface area contributed by atoms with E-state index >= 15 is 0 Å². The van der Waals surface area contributed by atoms with E-state index in [1.807, 2.05) is 6.92 Å². The minimum atomic E-state index is -0.550. The standard InChI is InChI=1S/C17H20N6O3/c1-2-7-23-12-11(13(24)20-16(23)25)8-10(9-19-12)14-21-15(22-26-14)17(18)5-3-4-6-17/h8-9H,2-7,18H2,1H3,(H,20,24,25). The molecule has 0 spiro atoms. The predicted octanol–water partition coefficient (Wildman–Crippen LogP) is 1.27. The fraction of sp³-hybridized carbons (Fsp3) is 0.471. The number of nitrogens with zero attached hydrogens (tertiary/aromatic N) is 4. The summed E-state index contributed by atoms with van der Waals surface area (Å²) in [6, 6.07) is 1.61. The fourth-order valence-electron chi connectivity index (χ4n) is 3.49. The molecule has 9 nitrogen and oxygen atoms in total. The van der Waals surface area contributed by atoms with Crippen LogP contribution < -0.4 is 17.0 Å². The third-order valence-electron chi connectivity index (χ3n) is 4.89. The number of H-pyrrole nitrogens is 1. The summed E-state index contributed by atoms with van der Waals surface area (Å²) < 4.78 is 6.81. The minimum Gasteiger partial charge on any atom is -0.334 e. The summed E-state index contributed by atoms with van der Waals surface area (Å²) in [5.41, 5.74) is 5.72. The van der Waals surface area contributed by atoms with E-state index in [0.29, 0.717) is 29.0 Å². The van der Waals surface area contributed by atoms with Crippen molar-refractivity contribution in [1.82, 2.24) is 24.7 Å². The minimum absolute atomic E-state index is 0.263. The first-order valence-corrected chi connectivity index (χ1v) is 8.78. The largest absolute Gasteiger partial charge is 0.334 e. The van der Waals surface area contributed by atoms with Crippen molar-refractivity contribution in [3.63, 3.8) is 0 Å². The molecule has 0 bridgehead atoms. The predicted molar refractivity (Wildman–Crippen MR) is 94.5 cm³/mol. The Morgan fingerprint density at radius 3 is 2.85 bits per heavy atom. The number of hydrogen-bond acceptors (Lipinski definition) is 7. The molecule has 1 aliphatic carbocycles. The normalized spacial score (nSPS) is 16.4. The van der Waals surface area contributed by atoms with Crippen LogP contribution in [0.5, 0.6) is 0 Å². The van der Waals surface area contributed by atoms with E-state index in [1.54, 1.807) is 6.07 Å². The molecule has 3 aromatic rings. The molecule has 0 amide bonds. The van der Waals surface area contributed by atoms with Crippen LogP contribution in [0.1, 0.15) is 44.9 Å². The summed E-state index contributed by atoms with van der Waals surface area (Å²) in [4.78, 5) is 35.3. The Hall–Kier alpha value is -2.81. The van der Waals surface area contributed by atoms with E-state index in [-0.39, 0.29) is 5.89 Å². The number of nitrogens with two attached hydrogens (primary N) is 1. The summed E-state index contributed by atoms with van der Waals surface area (Å²) in [6.45, 7) is 2.42. The molecular weight excluding hydrogens is 336 g/mol. The summed E-state index contributed by atoms with van der Waals surface area (Å²) >= 11 is 0. The van der Waals surface area contributed by atoms with Gasteiger partial charge in [-0.2, -0.15) is 4.98 Å². The quantitative estimate of drug-likeness (QED) is 0.719. The molecule has 1 fully saturated rings. The Morgan fingerprint density at radius 1 is 1.35 bits per heavy atom. The van der Waals surface area contributed by atoms with Crippen molar-refractivity contribution in [3.8, 4) is 11.5 Å². The first kappa shape index (κ1) is 16.6. The maximum Gasteiger partial charge on any atom is 0.329 e. The molecular formula is C17H20N6O3. The SMILES string of the molecule is CCCn1c(=O)[nH]c(=O)c2cc(-c3nc(C4(N)CCCC4)no3)cnc21. The molecule has 136 valence electrons. The van der Waals surface area contributed by atoms with E-state index in [4.69, 9.17) is 10.3 Å². The van der Waals surface area contributed by atoms with Crippen LogP contribution in [0.25, 0.3) is 22.5 Å². The second kappa shape index (κ2) is 6.17. The molecule has 1 saturated carbocycles. The van der Waals surface area contributed by atoms with Crippen molar-refractivity contribution in [2.75, 3.05) is 0 Å². The Labute approximate surface area is 148 Å². The zero-order chi connectivity index (χ0) is 18.3. The lowest BCUT2D eigenvalue weighted by Gasteiger charge is -2.17. The van der Waals surface area contributed by atoms with Gasteiger partial charge in [0, 0.05) is 12.7 Å². The van der Waals surface area contributed by atoms with E-state index in [1.165, 1.54) is 10.8 Å². The first-order valence-electron chi connectivity index (χ1n) is 8.78. The van der Waals surface area contributed by atoms with Gasteiger partial charge in [0.1, 0.15) is 5.65 Å². The Bertz CT molecular complexity index is 1070. The van der Waals surface area contributed by atoms with Gasteiger partial charge in [-0.15, -0.1) is 0 Å². The number of aromatic nitrogens is 5. The molecule has 26 heavy (non-hydrogen) atoms. The number of aromatic amines is 1. The lowest BCUT2D eigenvalue weighted by atomic mass is 9.99. The molecule has 3 heterocycles. The number of fused-ring (bicyclic) bond motifs is 1. The van der Waals surface area contributed by atoms with Gasteiger partial charge in [-0.3, -0.25) is 14.3 Å². The molecule has 0 aromatic carbocycles. The van der Waals surface area contributed by atoms with E-state index in [0.717, 1.165) is 32.1 Å². The number of hydrogen-bond donors (Lipinski definition) is 2. The Kier molecular flexibility index (Phi) is 3.95. The van der Waals surface area contributed by atoms with Crippen molar-refractivity contribution >= 4 is 11.0 Å². The number of aryl methyl sites for hydroxylation is 1. The van der Waals surface area contributed by atoms with Crippen LogP contribution in [-0.2, 0) is 12.1 Å². The highest BCUT2D eigenvalue weighted by molar-refractivity contribution is 5.78. The Morgan fingerprint density at radius 2 is 2.12 bits per heavy atom. The third-order valence-corrected chi connectivity index (χ3v) is 4.89. The van der Waals surface area contributed by atoms with Crippen LogP contribution >= 0.6 is 0 Å². The monoisotopic (exact) mass is 356 g/mol. The second-order valence-corrected chi connectivity index (χ2v) is 6.79. The van der Waals surface area contributed by atoms with Crippen molar-refractivity contribution in [2.45, 2.75) is 51.1 Å². The molecule has 0 radical (unpaired) electrons. The molecule has 3 N–H and O–H groups in total. The molecule has 9 heteroatoms. The maximum atomic E-state index is 12.2. The van der Waals surface area contributed by atoms with Crippen molar-refractivity contribution < 1.29 is 4.52 Å². The van der Waals surface area contributed by atoms with Crippen LogP contribution in [0.2, 0.25) is 0 Å². The smallest absolute Gasteiger partial charge is 0.329 e. The molecule has 3 aromatic heterocycles. The maximum absolute atomic E-state index is 12.2. The summed E-state index contributed by atoms with van der Waals surface area (Å²) in [5.74, 6) is 0.744. The van der Waals surface area contributed by atoms with Crippen LogP contribution in [0.15, 0.2) is 26.4 Å². The van der Waals surface area contributed by atoms with Gasteiger partial charge >= 0.3 is 5.69 Å². The zero-order valence-electron chi connectivity index (χ0n) is 14.5. The lowest BCUT2D eigenvalue weighted by Crippen LogP contribution is -2.34. The molecule has 4 rings (SSSR count). The average molecular weight is 356 g/mol. The summed E-state index contributed by atoms with van der Waals surface area (Å²) in [6.07, 6.45) is 6.01. The second-order valence-electron chi connectivity index (χ2n) is 6.79. The van der Waals surface area contributed by atoms with Crippen LogP contribution in [0.3, 0.4) is 0 Å². The molecule has 0 unspecified atom stereocenters. The van der Waals surface area contributed by atoms with Gasteiger partial charge < -0.3 is 10.3 Å². The molecule has 1 aliphatic rings. The number of pyridine rings is 1. The molecule has 0 atom stereocenters. The van der Waals surface area contributed by atoms with Crippen LogP contribution in [0.4, 0.5) is 0 Å². The molecule has 0 aliphatic heterocycles. The van der Waals surface area contributed by atoms with Gasteiger partial charge in [0.15, 0.2) is 5.82 Å². The van der Waals surface area contributed by atoms with E-state index in [2.05, 4.69) is 20.1 Å². The van der Waals surface area contributed by atoms with Crippen molar-refractivity contribution in [1.29, 1.82) is 0 Å². The summed E-state index contributed by atoms with van der Waals surface area (Å²) in [5, 5.41) is 4.33. The van der Waals surface area contributed by atoms with Crippen LogP contribution in [0, 0.1) is 0 Å². The van der Waals surface area contributed by atoms with E-state index in [9.17, 15) is 9.59 Å².